The van der Waals surface area contributed by atoms with E-state index in [1.807, 2.05) is 22.7 Å². The number of rotatable bonds is 2. The maximum atomic E-state index is 2.75. The van der Waals surface area contributed by atoms with Crippen molar-refractivity contribution < 1.29 is 0 Å². The van der Waals surface area contributed by atoms with E-state index in [1.165, 1.54) is 139 Å². The van der Waals surface area contributed by atoms with Gasteiger partial charge in [-0.25, -0.2) is 0 Å². The van der Waals surface area contributed by atoms with Crippen LogP contribution in [-0.4, -0.2) is 6.71 Å². The second kappa shape index (κ2) is 13.9. The van der Waals surface area contributed by atoms with Gasteiger partial charge in [0, 0.05) is 47.6 Å². The third kappa shape index (κ3) is 6.31. The zero-order chi connectivity index (χ0) is 47.1. The monoisotopic (exact) mass is 914 g/mol. The van der Waals surface area contributed by atoms with Crippen molar-refractivity contribution in [3.05, 3.63) is 137 Å². The van der Waals surface area contributed by atoms with Crippen LogP contribution < -0.4 is 26.2 Å². The van der Waals surface area contributed by atoms with Crippen LogP contribution in [0.3, 0.4) is 0 Å². The molecular formula is C62H67BN2S2. The van der Waals surface area contributed by atoms with Gasteiger partial charge in [-0.1, -0.05) is 139 Å². The topological polar surface area (TPSA) is 6.48 Å². The van der Waals surface area contributed by atoms with Crippen molar-refractivity contribution in [2.24, 2.45) is 0 Å². The number of fused-ring (bicyclic) bond motifs is 11. The summed E-state index contributed by atoms with van der Waals surface area (Å²) >= 11 is 3.95. The highest BCUT2D eigenvalue weighted by molar-refractivity contribution is 7.27. The molecule has 8 aromatic rings. The van der Waals surface area contributed by atoms with E-state index in [2.05, 4.69) is 210 Å². The normalized spacial score (nSPS) is 18.7. The summed E-state index contributed by atoms with van der Waals surface area (Å²) in [6, 6.07) is 41.7. The Bertz CT molecular complexity index is 3410. The second-order valence-corrected chi connectivity index (χ2v) is 27.6. The van der Waals surface area contributed by atoms with E-state index in [-0.39, 0.29) is 39.2 Å². The Morgan fingerprint density at radius 2 is 1.04 bits per heavy atom. The molecule has 6 aromatic carbocycles. The molecule has 0 fully saturated rings. The summed E-state index contributed by atoms with van der Waals surface area (Å²) in [6.45, 7) is 34.2. The first-order chi connectivity index (χ1) is 31.4. The number of anilines is 6. The molecule has 340 valence electrons. The van der Waals surface area contributed by atoms with Gasteiger partial charge in [-0.15, -0.1) is 22.7 Å². The lowest BCUT2D eigenvalue weighted by atomic mass is 9.33. The molecule has 0 saturated heterocycles. The molecule has 67 heavy (non-hydrogen) atoms. The van der Waals surface area contributed by atoms with E-state index in [0.29, 0.717) is 0 Å². The SMILES string of the molecule is CC(C)(C)c1ccc2c(c1)B1c3c(cc(C(C)(C)C)cc3N2c2cccc3sc4ccccc4c23)N(c2ccc3c(c2)C(C)(C)CCC3(C)C)c2sc3cc4c(cc3c21)C(C)(C)CCC4(C)C. The molecule has 2 aromatic heterocycles. The predicted octanol–water partition coefficient (Wildman–Crippen LogP) is 16.6. The van der Waals surface area contributed by atoms with Crippen LogP contribution >= 0.6 is 22.7 Å². The number of hydrogen-bond donors (Lipinski definition) is 0. The lowest BCUT2D eigenvalue weighted by Gasteiger charge is -2.46. The van der Waals surface area contributed by atoms with Gasteiger partial charge in [0.15, 0.2) is 0 Å². The van der Waals surface area contributed by atoms with Gasteiger partial charge in [0.1, 0.15) is 0 Å². The Kier molecular flexibility index (Phi) is 9.02. The lowest BCUT2D eigenvalue weighted by molar-refractivity contribution is 0.332. The van der Waals surface area contributed by atoms with E-state index < -0.39 is 0 Å². The average molecular weight is 915 g/mol. The highest BCUT2D eigenvalue weighted by atomic mass is 32.1. The molecule has 12 rings (SSSR count). The third-order valence-electron chi connectivity index (χ3n) is 17.1. The van der Waals surface area contributed by atoms with Crippen LogP contribution in [0.2, 0.25) is 0 Å². The highest BCUT2D eigenvalue weighted by Crippen LogP contribution is 2.55. The van der Waals surface area contributed by atoms with E-state index in [4.69, 9.17) is 0 Å². The average Bonchev–Trinajstić information content (AvgIpc) is 3.84. The van der Waals surface area contributed by atoms with Crippen LogP contribution in [0.25, 0.3) is 30.3 Å². The van der Waals surface area contributed by atoms with Crippen LogP contribution in [0.15, 0.2) is 103 Å². The third-order valence-corrected chi connectivity index (χ3v) is 19.4. The summed E-state index contributed by atoms with van der Waals surface area (Å²) in [5, 5.41) is 5.48. The quantitative estimate of drug-likeness (QED) is 0.159. The molecule has 0 atom stereocenters. The molecule has 0 radical (unpaired) electrons. The fourth-order valence-electron chi connectivity index (χ4n) is 12.7. The molecule has 0 bridgehead atoms. The van der Waals surface area contributed by atoms with Gasteiger partial charge in [-0.3, -0.25) is 0 Å². The van der Waals surface area contributed by atoms with Crippen molar-refractivity contribution in [1.82, 2.24) is 0 Å². The van der Waals surface area contributed by atoms with E-state index >= 15 is 0 Å². The van der Waals surface area contributed by atoms with Crippen molar-refractivity contribution in [2.45, 2.75) is 155 Å². The molecule has 0 unspecified atom stereocenters. The number of thiophene rings is 2. The minimum atomic E-state index is -0.103. The molecule has 0 N–H and O–H groups in total. The Morgan fingerprint density at radius 3 is 1.72 bits per heavy atom. The Morgan fingerprint density at radius 1 is 0.448 bits per heavy atom. The van der Waals surface area contributed by atoms with E-state index in [9.17, 15) is 0 Å². The number of benzene rings is 6. The zero-order valence-corrected chi connectivity index (χ0v) is 44.1. The van der Waals surface area contributed by atoms with Crippen molar-refractivity contribution in [3.8, 4) is 0 Å². The second-order valence-electron chi connectivity index (χ2n) is 25.5. The smallest absolute Gasteiger partial charge is 0.254 e. The molecule has 0 spiro atoms. The van der Waals surface area contributed by atoms with Crippen molar-refractivity contribution in [2.75, 3.05) is 9.80 Å². The van der Waals surface area contributed by atoms with Gasteiger partial charge in [-0.2, -0.15) is 0 Å². The van der Waals surface area contributed by atoms with Crippen molar-refractivity contribution in [1.29, 1.82) is 0 Å². The Labute approximate surface area is 408 Å². The molecular weight excluding hydrogens is 848 g/mol. The molecule has 2 aliphatic carbocycles. The molecule has 5 heteroatoms. The molecule has 0 saturated carbocycles. The van der Waals surface area contributed by atoms with Gasteiger partial charge in [-0.05, 0) is 174 Å². The summed E-state index contributed by atoms with van der Waals surface area (Å²) < 4.78 is 4.08. The van der Waals surface area contributed by atoms with Crippen LogP contribution in [0.5, 0.6) is 0 Å². The zero-order valence-electron chi connectivity index (χ0n) is 42.4. The van der Waals surface area contributed by atoms with Gasteiger partial charge in [0.25, 0.3) is 6.71 Å². The van der Waals surface area contributed by atoms with E-state index in [0.717, 1.165) is 0 Å². The number of nitrogens with zero attached hydrogens (tertiary/aromatic N) is 2. The van der Waals surface area contributed by atoms with Crippen LogP contribution in [-0.2, 0) is 32.5 Å². The molecule has 4 aliphatic rings. The summed E-state index contributed by atoms with van der Waals surface area (Å²) in [7, 11) is 0. The minimum absolute atomic E-state index is 0.0265. The summed E-state index contributed by atoms with van der Waals surface area (Å²) in [5.41, 5.74) is 19.9. The molecule has 2 nitrogen and oxygen atoms in total. The molecule has 2 aliphatic heterocycles. The minimum Gasteiger partial charge on any atom is -0.311 e. The lowest BCUT2D eigenvalue weighted by Crippen LogP contribution is -2.61. The first-order valence-electron chi connectivity index (χ1n) is 25.0. The highest BCUT2D eigenvalue weighted by Gasteiger charge is 2.48. The summed E-state index contributed by atoms with van der Waals surface area (Å²) in [4.78, 5) is 5.44. The van der Waals surface area contributed by atoms with Gasteiger partial charge in [0.2, 0.25) is 0 Å². The van der Waals surface area contributed by atoms with Crippen molar-refractivity contribution >= 4 is 109 Å². The summed E-state index contributed by atoms with van der Waals surface area (Å²) in [6.07, 6.45) is 4.78. The van der Waals surface area contributed by atoms with Gasteiger partial charge >= 0.3 is 0 Å². The van der Waals surface area contributed by atoms with Crippen molar-refractivity contribution in [3.63, 3.8) is 0 Å². The fraction of sp³-hybridized carbons (Fsp3) is 0.387. The first kappa shape index (κ1) is 43.4. The van der Waals surface area contributed by atoms with E-state index in [1.54, 1.807) is 0 Å². The van der Waals surface area contributed by atoms with Crippen LogP contribution in [0.4, 0.5) is 33.4 Å². The predicted molar refractivity (Wildman–Crippen MR) is 297 cm³/mol. The molecule has 4 heterocycles. The number of hydrogen-bond acceptors (Lipinski definition) is 4. The fourth-order valence-corrected chi connectivity index (χ4v) is 15.1. The van der Waals surface area contributed by atoms with Gasteiger partial charge in [0.05, 0.1) is 10.7 Å². The standard InChI is InChI=1S/C62H67BN2S2/c1-57(2,3)36-22-25-46-45(30-36)63-54-40-34-43-44(62(13,14)29-28-61(43,11)12)35-52(40)67-56(54)64(38-23-24-41-42(33-38)60(9,10)27-26-59(41,7)8)48-31-37(58(4,5)6)32-49(55(48)63)65(46)47-19-17-21-51-53(47)39-18-15-16-20-50(39)66-51/h15-25,30-35H,26-29H2,1-14H3. The maximum absolute atomic E-state index is 2.75. The molecule has 0 amide bonds. The van der Waals surface area contributed by atoms with Crippen LogP contribution in [0, 0.1) is 0 Å². The Hall–Kier alpha value is -4.84. The summed E-state index contributed by atoms with van der Waals surface area (Å²) in [5.74, 6) is 0. The first-order valence-corrected chi connectivity index (χ1v) is 26.7. The van der Waals surface area contributed by atoms with Gasteiger partial charge < -0.3 is 9.80 Å². The largest absolute Gasteiger partial charge is 0.311 e. The maximum Gasteiger partial charge on any atom is 0.254 e. The Balaban J connectivity index is 1.25. The van der Waals surface area contributed by atoms with Crippen LogP contribution in [0.1, 0.15) is 156 Å².